The van der Waals surface area contributed by atoms with Crippen LogP contribution in [0.3, 0.4) is 0 Å². The van der Waals surface area contributed by atoms with Crippen LogP contribution in [-0.2, 0) is 9.59 Å². The molecular formula is C22H24N2O5. The van der Waals surface area contributed by atoms with Crippen LogP contribution in [-0.4, -0.2) is 44.1 Å². The quantitative estimate of drug-likeness (QED) is 0.724. The first-order valence-corrected chi connectivity index (χ1v) is 9.16. The lowest BCUT2D eigenvalue weighted by Crippen LogP contribution is -2.38. The molecule has 1 N–H and O–H groups in total. The number of hydrogen-bond acceptors (Lipinski definition) is 6. The molecule has 2 aromatic carbocycles. The Labute approximate surface area is 169 Å². The second-order valence-electron chi connectivity index (χ2n) is 6.74. The minimum atomic E-state index is -0.388. The van der Waals surface area contributed by atoms with Gasteiger partial charge in [-0.25, -0.2) is 0 Å². The third kappa shape index (κ3) is 3.76. The van der Waals surface area contributed by atoms with E-state index >= 15 is 0 Å². The first-order chi connectivity index (χ1) is 13.9. The molecule has 0 atom stereocenters. The Balaban J connectivity index is 2.13. The molecule has 152 valence electrons. The fraction of sp³-hybridized carbons (Fsp3) is 0.273. The molecular weight excluding hydrogens is 372 g/mol. The number of carbonyl (C=O) groups is 2. The van der Waals surface area contributed by atoms with Gasteiger partial charge in [-0.2, -0.15) is 0 Å². The van der Waals surface area contributed by atoms with E-state index in [9.17, 15) is 9.59 Å². The molecule has 0 radical (unpaired) electrons. The summed E-state index contributed by atoms with van der Waals surface area (Å²) in [5.41, 5.74) is 1.65. The second-order valence-corrected chi connectivity index (χ2v) is 6.74. The van der Waals surface area contributed by atoms with Crippen LogP contribution in [0.1, 0.15) is 19.4 Å². The molecule has 7 nitrogen and oxygen atoms in total. The topological polar surface area (TPSA) is 77.1 Å². The molecule has 29 heavy (non-hydrogen) atoms. The summed E-state index contributed by atoms with van der Waals surface area (Å²) in [5, 5.41) is 3.11. The highest BCUT2D eigenvalue weighted by molar-refractivity contribution is 6.36. The molecule has 3 rings (SSSR count). The molecule has 0 bridgehead atoms. The molecule has 0 saturated heterocycles. The van der Waals surface area contributed by atoms with Crippen LogP contribution < -0.4 is 19.5 Å². The smallest absolute Gasteiger partial charge is 0.278 e. The predicted octanol–water partition coefficient (Wildman–Crippen LogP) is 3.31. The van der Waals surface area contributed by atoms with Gasteiger partial charge in [0.05, 0.1) is 32.6 Å². The van der Waals surface area contributed by atoms with Gasteiger partial charge < -0.3 is 19.5 Å². The van der Waals surface area contributed by atoms with E-state index in [0.29, 0.717) is 34.1 Å². The zero-order chi connectivity index (χ0) is 21.1. The summed E-state index contributed by atoms with van der Waals surface area (Å²) >= 11 is 0. The van der Waals surface area contributed by atoms with Crippen molar-refractivity contribution < 1.29 is 23.8 Å². The van der Waals surface area contributed by atoms with E-state index in [1.165, 1.54) is 12.0 Å². The molecule has 1 aliphatic rings. The molecule has 7 heteroatoms. The number of hydrogen-bond donors (Lipinski definition) is 1. The van der Waals surface area contributed by atoms with Crippen LogP contribution in [0.2, 0.25) is 0 Å². The monoisotopic (exact) mass is 396 g/mol. The van der Waals surface area contributed by atoms with Crippen molar-refractivity contribution in [3.8, 4) is 17.2 Å². The maximum Gasteiger partial charge on any atom is 0.278 e. The lowest BCUT2D eigenvalue weighted by Gasteiger charge is -2.19. The molecule has 1 aliphatic heterocycles. The van der Waals surface area contributed by atoms with Crippen LogP contribution >= 0.6 is 0 Å². The molecule has 2 aromatic rings. The number of anilines is 1. The van der Waals surface area contributed by atoms with Crippen LogP contribution in [0.4, 0.5) is 5.69 Å². The normalized spacial score (nSPS) is 13.9. The molecule has 1 heterocycles. The first-order valence-electron chi connectivity index (χ1n) is 9.16. The van der Waals surface area contributed by atoms with E-state index in [1.807, 2.05) is 0 Å². The summed E-state index contributed by atoms with van der Waals surface area (Å²) in [7, 11) is 4.66. The summed E-state index contributed by atoms with van der Waals surface area (Å²) < 4.78 is 15.9. The Bertz CT molecular complexity index is 964. The minimum Gasteiger partial charge on any atom is -0.497 e. The number of ether oxygens (including phenoxy) is 3. The van der Waals surface area contributed by atoms with Crippen molar-refractivity contribution in [1.82, 2.24) is 4.90 Å². The Morgan fingerprint density at radius 1 is 0.828 bits per heavy atom. The summed E-state index contributed by atoms with van der Waals surface area (Å²) in [5.74, 6) is 1.05. The third-order valence-electron chi connectivity index (χ3n) is 4.68. The summed E-state index contributed by atoms with van der Waals surface area (Å²) in [6.07, 6.45) is 0. The number of carbonyl (C=O) groups excluding carboxylic acids is 2. The first kappa shape index (κ1) is 20.3. The average molecular weight is 396 g/mol. The maximum atomic E-state index is 13.1. The Kier molecular flexibility index (Phi) is 5.77. The minimum absolute atomic E-state index is 0.195. The number of imide groups is 1. The summed E-state index contributed by atoms with van der Waals surface area (Å²) in [6, 6.07) is 11.9. The maximum absolute atomic E-state index is 13.1. The lowest BCUT2D eigenvalue weighted by atomic mass is 10.0. The van der Waals surface area contributed by atoms with Gasteiger partial charge in [0, 0.05) is 12.1 Å². The number of nitrogens with one attached hydrogen (secondary N) is 1. The molecule has 0 saturated carbocycles. The van der Waals surface area contributed by atoms with Gasteiger partial charge in [0.25, 0.3) is 11.8 Å². The van der Waals surface area contributed by atoms with E-state index in [1.54, 1.807) is 70.5 Å². The fourth-order valence-electron chi connectivity index (χ4n) is 3.20. The van der Waals surface area contributed by atoms with Crippen molar-refractivity contribution in [2.75, 3.05) is 26.6 Å². The molecule has 2 amide bonds. The molecule has 0 fully saturated rings. The molecule has 0 unspecified atom stereocenters. The van der Waals surface area contributed by atoms with E-state index < -0.39 is 0 Å². The molecule has 0 aliphatic carbocycles. The van der Waals surface area contributed by atoms with E-state index in [0.717, 1.165) is 0 Å². The van der Waals surface area contributed by atoms with Gasteiger partial charge in [0.1, 0.15) is 22.9 Å². The zero-order valence-corrected chi connectivity index (χ0v) is 17.1. The zero-order valence-electron chi connectivity index (χ0n) is 17.1. The SMILES string of the molecule is COc1ccc(C2=C(Nc3cc(OC)ccc3OC)C(=O)N(C(C)C)C2=O)cc1. The van der Waals surface area contributed by atoms with Crippen molar-refractivity contribution in [2.24, 2.45) is 0 Å². The van der Waals surface area contributed by atoms with Crippen molar-refractivity contribution in [2.45, 2.75) is 19.9 Å². The van der Waals surface area contributed by atoms with Crippen LogP contribution in [0.15, 0.2) is 48.2 Å². The van der Waals surface area contributed by atoms with Gasteiger partial charge in [0.2, 0.25) is 0 Å². The van der Waals surface area contributed by atoms with Gasteiger partial charge in [-0.15, -0.1) is 0 Å². The van der Waals surface area contributed by atoms with Gasteiger partial charge >= 0.3 is 0 Å². The Hall–Kier alpha value is -3.48. The second kappa shape index (κ2) is 8.26. The molecule has 0 spiro atoms. The lowest BCUT2D eigenvalue weighted by molar-refractivity contribution is -0.138. The summed E-state index contributed by atoms with van der Waals surface area (Å²) in [4.78, 5) is 27.5. The number of nitrogens with zero attached hydrogens (tertiary/aromatic N) is 1. The van der Waals surface area contributed by atoms with Crippen molar-refractivity contribution in [1.29, 1.82) is 0 Å². The van der Waals surface area contributed by atoms with E-state index in [-0.39, 0.29) is 23.6 Å². The van der Waals surface area contributed by atoms with Gasteiger partial charge in [-0.3, -0.25) is 14.5 Å². The van der Waals surface area contributed by atoms with Crippen molar-refractivity contribution >= 4 is 23.1 Å². The van der Waals surface area contributed by atoms with Gasteiger partial charge in [0.15, 0.2) is 0 Å². The number of amides is 2. The third-order valence-corrected chi connectivity index (χ3v) is 4.68. The number of rotatable bonds is 7. The highest BCUT2D eigenvalue weighted by Gasteiger charge is 2.40. The van der Waals surface area contributed by atoms with Crippen LogP contribution in [0.5, 0.6) is 17.2 Å². The number of benzene rings is 2. The van der Waals surface area contributed by atoms with Gasteiger partial charge in [-0.1, -0.05) is 12.1 Å². The highest BCUT2D eigenvalue weighted by Crippen LogP contribution is 2.36. The number of methoxy groups -OCH3 is 3. The van der Waals surface area contributed by atoms with E-state index in [2.05, 4.69) is 5.32 Å². The highest BCUT2D eigenvalue weighted by atomic mass is 16.5. The van der Waals surface area contributed by atoms with Crippen molar-refractivity contribution in [3.05, 3.63) is 53.7 Å². The Morgan fingerprint density at radius 3 is 2.00 bits per heavy atom. The van der Waals surface area contributed by atoms with Gasteiger partial charge in [-0.05, 0) is 43.7 Å². The molecule has 0 aromatic heterocycles. The summed E-state index contributed by atoms with van der Waals surface area (Å²) in [6.45, 7) is 3.60. The van der Waals surface area contributed by atoms with Crippen molar-refractivity contribution in [3.63, 3.8) is 0 Å². The van der Waals surface area contributed by atoms with E-state index in [4.69, 9.17) is 14.2 Å². The fourth-order valence-corrected chi connectivity index (χ4v) is 3.20. The standard InChI is InChI=1S/C22H24N2O5/c1-13(2)24-21(25)19(14-6-8-15(27-3)9-7-14)20(22(24)26)23-17-12-16(28-4)10-11-18(17)29-5/h6-13,23H,1-5H3. The average Bonchev–Trinajstić information content (AvgIpc) is 2.97. The van der Waals surface area contributed by atoms with Crippen LogP contribution in [0, 0.1) is 0 Å². The predicted molar refractivity (Wildman–Crippen MR) is 110 cm³/mol. The Morgan fingerprint density at radius 2 is 1.45 bits per heavy atom. The largest absolute Gasteiger partial charge is 0.497 e. The van der Waals surface area contributed by atoms with Crippen LogP contribution in [0.25, 0.3) is 5.57 Å².